The van der Waals surface area contributed by atoms with Crippen molar-refractivity contribution in [1.82, 2.24) is 0 Å². The summed E-state index contributed by atoms with van der Waals surface area (Å²) in [5, 5.41) is 2.57. The van der Waals surface area contributed by atoms with Gasteiger partial charge < -0.3 is 24.8 Å². The first-order valence-corrected chi connectivity index (χ1v) is 19.5. The maximum absolute atomic E-state index is 4.04. The van der Waals surface area contributed by atoms with Gasteiger partial charge in [0, 0.05) is 0 Å². The van der Waals surface area contributed by atoms with Crippen LogP contribution in [-0.2, 0) is 47.9 Å². The molecule has 0 bridgehead atoms. The van der Waals surface area contributed by atoms with Gasteiger partial charge in [-0.2, -0.15) is 0 Å². The molecule has 1 atom stereocenters. The fourth-order valence-electron chi connectivity index (χ4n) is 8.00. The van der Waals surface area contributed by atoms with Crippen LogP contribution in [0.3, 0.4) is 0 Å². The van der Waals surface area contributed by atoms with Crippen molar-refractivity contribution in [3.63, 3.8) is 0 Å². The van der Waals surface area contributed by atoms with Crippen molar-refractivity contribution in [2.75, 3.05) is 0 Å². The molecule has 55 heavy (non-hydrogen) atoms. The molecule has 1 unspecified atom stereocenters. The van der Waals surface area contributed by atoms with Crippen molar-refractivity contribution in [2.24, 2.45) is 11.3 Å². The summed E-state index contributed by atoms with van der Waals surface area (Å²) in [5.41, 5.74) is 17.4. The zero-order valence-electron chi connectivity index (χ0n) is 36.4. The molecule has 2 aliphatic carbocycles. The normalized spacial score (nSPS) is 15.4. The fourth-order valence-corrected chi connectivity index (χ4v) is 8.00. The Hall–Kier alpha value is -2.44. The molecule has 1 radical (unpaired) electrons. The first-order chi connectivity index (χ1) is 23.9. The van der Waals surface area contributed by atoms with Crippen LogP contribution in [0, 0.1) is 11.3 Å². The summed E-state index contributed by atoms with van der Waals surface area (Å²) >= 11 is 0. The number of benzene rings is 4. The molecule has 289 valence electrons. The molecule has 0 aromatic heterocycles. The van der Waals surface area contributed by atoms with Crippen molar-refractivity contribution in [3.05, 3.63) is 145 Å². The minimum atomic E-state index is -0.153. The topological polar surface area (TPSA) is 0 Å². The van der Waals surface area contributed by atoms with Gasteiger partial charge in [-0.3, -0.25) is 0 Å². The van der Waals surface area contributed by atoms with E-state index in [1.807, 2.05) is 0 Å². The van der Waals surface area contributed by atoms with Crippen molar-refractivity contribution < 1.29 is 51.0 Å². The number of hydrogen-bond donors (Lipinski definition) is 0. The van der Waals surface area contributed by atoms with Gasteiger partial charge in [-0.25, -0.2) is 0 Å². The standard InChI is InChI=1S/C52H63.2ClH.Zr/c1-32-27-39(51(11,12)13)30-41(32)46-43-29-35-28-38(50(8,9)10)25-26-40(35)42(43)31-44(47(46)52(14,15)16)45(33-17-21-36(22-18-33)48(2,3)4)34-19-23-37(24-20-34)49(5,6)7;;;/h17-28,30-32H,1-16H3;2*1H;/q-1;;;+3/p-2. The molecule has 6 rings (SSSR count). The van der Waals surface area contributed by atoms with E-state index in [-0.39, 0.29) is 78.1 Å². The predicted octanol–water partition coefficient (Wildman–Crippen LogP) is 6.82. The van der Waals surface area contributed by atoms with Gasteiger partial charge in [-0.15, -0.1) is 34.1 Å². The smallest absolute Gasteiger partial charge is 1.00 e. The average molecular weight is 850 g/mol. The van der Waals surface area contributed by atoms with Gasteiger partial charge >= 0.3 is 26.2 Å². The summed E-state index contributed by atoms with van der Waals surface area (Å²) in [6, 6.07) is 28.5. The van der Waals surface area contributed by atoms with Crippen LogP contribution < -0.4 is 35.3 Å². The molecular formula is C52H63Cl2Zr. The molecule has 2 aliphatic rings. The monoisotopic (exact) mass is 847 g/mol. The van der Waals surface area contributed by atoms with Crippen molar-refractivity contribution in [3.8, 4) is 11.1 Å². The Morgan fingerprint density at radius 2 is 0.982 bits per heavy atom. The van der Waals surface area contributed by atoms with E-state index in [1.165, 1.54) is 82.8 Å². The maximum atomic E-state index is 4.04. The van der Waals surface area contributed by atoms with Gasteiger partial charge in [0.25, 0.3) is 0 Å². The Bertz CT molecular complexity index is 2170. The van der Waals surface area contributed by atoms with Crippen molar-refractivity contribution in [1.29, 1.82) is 0 Å². The molecule has 4 aromatic carbocycles. The number of halogens is 2. The van der Waals surface area contributed by atoms with E-state index in [0.717, 1.165) is 0 Å². The van der Waals surface area contributed by atoms with Crippen LogP contribution in [0.25, 0.3) is 28.3 Å². The SMILES string of the molecule is CC1C=C(C(C)(C)C)C=C1c1c(C(C)(C)C)c(=C(c2ccc(C(C)(C)C)cc2)c2ccc(C(C)(C)C)cc2)cc2c1=[C-]c1cc(C(C)(C)C)ccc1-2.[Cl-].[Cl-].[Zr+3]. The molecule has 0 amide bonds. The third-order valence-corrected chi connectivity index (χ3v) is 11.2. The molecule has 0 fully saturated rings. The second-order valence-electron chi connectivity index (χ2n) is 20.8. The van der Waals surface area contributed by atoms with Gasteiger partial charge in [0.05, 0.1) is 0 Å². The van der Waals surface area contributed by atoms with Crippen molar-refractivity contribution >= 4 is 17.2 Å². The summed E-state index contributed by atoms with van der Waals surface area (Å²) in [5.74, 6) is 0.297. The minimum Gasteiger partial charge on any atom is -1.00 e. The van der Waals surface area contributed by atoms with Crippen LogP contribution >= 0.6 is 0 Å². The predicted molar refractivity (Wildman–Crippen MR) is 228 cm³/mol. The van der Waals surface area contributed by atoms with E-state index in [2.05, 4.69) is 202 Å². The Morgan fingerprint density at radius 1 is 0.527 bits per heavy atom. The number of rotatable bonds is 3. The second-order valence-corrected chi connectivity index (χ2v) is 20.8. The Morgan fingerprint density at radius 3 is 1.38 bits per heavy atom. The number of hydrogen-bond acceptors (Lipinski definition) is 0. The molecule has 0 saturated heterocycles. The molecule has 0 nitrogen and oxygen atoms in total. The van der Waals surface area contributed by atoms with Gasteiger partial charge in [0.15, 0.2) is 0 Å². The first kappa shape index (κ1) is 46.9. The van der Waals surface area contributed by atoms with Gasteiger partial charge in [0.1, 0.15) is 0 Å². The summed E-state index contributed by atoms with van der Waals surface area (Å²) < 4.78 is 0. The molecule has 0 spiro atoms. The van der Waals surface area contributed by atoms with E-state index in [1.54, 1.807) is 0 Å². The molecule has 0 aliphatic heterocycles. The third-order valence-electron chi connectivity index (χ3n) is 11.2. The molecule has 0 N–H and O–H groups in total. The third kappa shape index (κ3) is 9.32. The van der Waals surface area contributed by atoms with E-state index >= 15 is 0 Å². The van der Waals surface area contributed by atoms with Crippen molar-refractivity contribution in [2.45, 2.75) is 132 Å². The number of fused-ring (bicyclic) bond motifs is 3. The van der Waals surface area contributed by atoms with Gasteiger partial charge in [-0.05, 0) is 71.6 Å². The van der Waals surface area contributed by atoms with E-state index < -0.39 is 0 Å². The number of allylic oxidation sites excluding steroid dienone is 4. The zero-order valence-corrected chi connectivity index (χ0v) is 40.4. The van der Waals surface area contributed by atoms with Crippen LogP contribution in [0.4, 0.5) is 0 Å². The summed E-state index contributed by atoms with van der Waals surface area (Å²) in [6.07, 6.45) is 9.06. The molecular weight excluding hydrogens is 787 g/mol. The van der Waals surface area contributed by atoms with Crippen LogP contribution in [0.5, 0.6) is 0 Å². The summed E-state index contributed by atoms with van der Waals surface area (Å²) in [4.78, 5) is 0. The van der Waals surface area contributed by atoms with Crippen LogP contribution in [0.15, 0.2) is 90.5 Å². The fraction of sp³-hybridized carbons (Fsp3) is 0.423. The van der Waals surface area contributed by atoms with E-state index in [9.17, 15) is 0 Å². The van der Waals surface area contributed by atoms with E-state index in [0.29, 0.717) is 5.92 Å². The molecule has 4 aromatic rings. The summed E-state index contributed by atoms with van der Waals surface area (Å²) in [6.45, 7) is 37.3. The first-order valence-electron chi connectivity index (χ1n) is 19.5. The zero-order chi connectivity index (χ0) is 38.3. The van der Waals surface area contributed by atoms with Crippen LogP contribution in [0.2, 0.25) is 0 Å². The molecule has 0 saturated carbocycles. The summed E-state index contributed by atoms with van der Waals surface area (Å²) in [7, 11) is 0. The Labute approximate surface area is 366 Å². The Kier molecular flexibility index (Phi) is 13.7. The second kappa shape index (κ2) is 16.1. The molecule has 3 heteroatoms. The average Bonchev–Trinajstić information content (AvgIpc) is 3.59. The minimum absolute atomic E-state index is 0. The van der Waals surface area contributed by atoms with Gasteiger partial charge in [0.2, 0.25) is 0 Å². The largest absolute Gasteiger partial charge is 3.00 e. The van der Waals surface area contributed by atoms with E-state index in [4.69, 9.17) is 0 Å². The molecule has 0 heterocycles. The maximum Gasteiger partial charge on any atom is 3.00 e. The van der Waals surface area contributed by atoms with Crippen LogP contribution in [0.1, 0.15) is 155 Å². The Balaban J connectivity index is 0.00000271. The van der Waals surface area contributed by atoms with Gasteiger partial charge in [-0.1, -0.05) is 212 Å². The quantitative estimate of drug-likeness (QED) is 0.175. The van der Waals surface area contributed by atoms with Crippen LogP contribution in [-0.4, -0.2) is 0 Å².